The number of benzene rings is 1. The first kappa shape index (κ1) is 12.6. The van der Waals surface area contributed by atoms with Crippen LogP contribution in [0.2, 0.25) is 0 Å². The lowest BCUT2D eigenvalue weighted by Gasteiger charge is -2.17. The number of hydrogen-bond donors (Lipinski definition) is 1. The number of amidine groups is 1. The molecule has 0 fully saturated rings. The van der Waals surface area contributed by atoms with Crippen molar-refractivity contribution in [1.29, 1.82) is 0 Å². The van der Waals surface area contributed by atoms with Gasteiger partial charge in [0.05, 0.1) is 11.3 Å². The lowest BCUT2D eigenvalue weighted by Crippen LogP contribution is -2.25. The molecule has 2 N–H and O–H groups in total. The summed E-state index contributed by atoms with van der Waals surface area (Å²) in [5, 5.41) is 0. The van der Waals surface area contributed by atoms with E-state index >= 15 is 0 Å². The average molecular weight is 268 g/mol. The van der Waals surface area contributed by atoms with Gasteiger partial charge in [-0.3, -0.25) is 4.79 Å². The summed E-state index contributed by atoms with van der Waals surface area (Å²) < 4.78 is 31.6. The molecule has 0 amide bonds. The molecule has 0 unspecified atom stereocenters. The number of Topliss-reactive ketones (excluding diaryl/α,β-unsaturated/α-hetero) is 1. The van der Waals surface area contributed by atoms with E-state index < -0.39 is 10.0 Å². The number of hydrogen-bond acceptors (Lipinski definition) is 5. The summed E-state index contributed by atoms with van der Waals surface area (Å²) in [5.74, 6) is -0.0684. The standard InChI is InChI=1S/C11H12N2O4S/c1-7(14)5-17-9-4-2-3-8-6-18(15,16)13-11(12)10(8)9/h2-4H,5-6H2,1H3,(H2,12,13). The Hall–Kier alpha value is -1.89. The molecular weight excluding hydrogens is 256 g/mol. The highest BCUT2D eigenvalue weighted by molar-refractivity contribution is 7.89. The first-order valence-electron chi connectivity index (χ1n) is 5.21. The summed E-state index contributed by atoms with van der Waals surface area (Å²) >= 11 is 0. The van der Waals surface area contributed by atoms with E-state index in [0.29, 0.717) is 16.9 Å². The smallest absolute Gasteiger partial charge is 0.259 e. The van der Waals surface area contributed by atoms with E-state index in [9.17, 15) is 13.2 Å². The van der Waals surface area contributed by atoms with Crippen molar-refractivity contribution in [1.82, 2.24) is 0 Å². The minimum atomic E-state index is -3.55. The van der Waals surface area contributed by atoms with Crippen LogP contribution < -0.4 is 10.5 Å². The summed E-state index contributed by atoms with van der Waals surface area (Å²) in [6, 6.07) is 4.93. The Morgan fingerprint density at radius 2 is 2.22 bits per heavy atom. The Balaban J connectivity index is 2.45. The molecule has 0 radical (unpaired) electrons. The molecule has 0 atom stereocenters. The predicted molar refractivity (Wildman–Crippen MR) is 66.0 cm³/mol. The molecule has 0 bridgehead atoms. The summed E-state index contributed by atoms with van der Waals surface area (Å²) in [6.45, 7) is 1.31. The van der Waals surface area contributed by atoms with Gasteiger partial charge in [-0.2, -0.15) is 0 Å². The molecular formula is C11H12N2O4S. The Morgan fingerprint density at radius 3 is 2.89 bits per heavy atom. The van der Waals surface area contributed by atoms with E-state index in [0.717, 1.165) is 0 Å². The minimum absolute atomic E-state index is 0.0868. The highest BCUT2D eigenvalue weighted by atomic mass is 32.2. The maximum atomic E-state index is 11.4. The number of fused-ring (bicyclic) bond motifs is 1. The average Bonchev–Trinajstić information content (AvgIpc) is 2.23. The molecule has 0 aromatic heterocycles. The maximum absolute atomic E-state index is 11.4. The van der Waals surface area contributed by atoms with E-state index in [1.165, 1.54) is 6.92 Å². The van der Waals surface area contributed by atoms with Gasteiger partial charge in [0.1, 0.15) is 18.2 Å². The van der Waals surface area contributed by atoms with Crippen molar-refractivity contribution in [2.45, 2.75) is 12.7 Å². The molecule has 96 valence electrons. The van der Waals surface area contributed by atoms with Gasteiger partial charge in [0, 0.05) is 0 Å². The second-order valence-electron chi connectivity index (χ2n) is 3.98. The van der Waals surface area contributed by atoms with Gasteiger partial charge in [0.2, 0.25) is 0 Å². The van der Waals surface area contributed by atoms with Crippen molar-refractivity contribution in [3.05, 3.63) is 29.3 Å². The first-order valence-corrected chi connectivity index (χ1v) is 6.82. The van der Waals surface area contributed by atoms with Crippen LogP contribution in [0.5, 0.6) is 5.75 Å². The van der Waals surface area contributed by atoms with Crippen LogP contribution in [-0.2, 0) is 20.6 Å². The fourth-order valence-electron chi connectivity index (χ4n) is 1.71. The third-order valence-electron chi connectivity index (χ3n) is 2.37. The predicted octanol–water partition coefficient (Wildman–Crippen LogP) is 0.203. The molecule has 1 aromatic carbocycles. The van der Waals surface area contributed by atoms with Crippen LogP contribution >= 0.6 is 0 Å². The maximum Gasteiger partial charge on any atom is 0.259 e. The zero-order chi connectivity index (χ0) is 13.3. The summed E-state index contributed by atoms with van der Waals surface area (Å²) in [7, 11) is -3.55. The molecule has 0 saturated carbocycles. The van der Waals surface area contributed by atoms with Crippen molar-refractivity contribution in [3.8, 4) is 5.75 Å². The lowest BCUT2D eigenvalue weighted by molar-refractivity contribution is -0.118. The molecule has 1 aliphatic rings. The molecule has 18 heavy (non-hydrogen) atoms. The number of carbonyl (C=O) groups is 1. The molecule has 0 spiro atoms. The van der Waals surface area contributed by atoms with Gasteiger partial charge in [-0.15, -0.1) is 4.40 Å². The van der Waals surface area contributed by atoms with Gasteiger partial charge in [0.15, 0.2) is 5.78 Å². The van der Waals surface area contributed by atoms with Gasteiger partial charge in [-0.25, -0.2) is 8.42 Å². The normalized spacial score (nSPS) is 16.6. The molecule has 2 rings (SSSR count). The van der Waals surface area contributed by atoms with E-state index in [1.54, 1.807) is 18.2 Å². The van der Waals surface area contributed by atoms with Crippen molar-refractivity contribution < 1.29 is 17.9 Å². The molecule has 1 heterocycles. The number of nitrogens with zero attached hydrogens (tertiary/aromatic N) is 1. The first-order chi connectivity index (χ1) is 8.39. The largest absolute Gasteiger partial charge is 0.485 e. The van der Waals surface area contributed by atoms with Crippen molar-refractivity contribution in [2.75, 3.05) is 6.61 Å². The number of ketones is 1. The van der Waals surface area contributed by atoms with Gasteiger partial charge in [-0.05, 0) is 18.6 Å². The Kier molecular flexibility index (Phi) is 3.08. The Bertz CT molecular complexity index is 634. The number of sulfonamides is 1. The van der Waals surface area contributed by atoms with Crippen molar-refractivity contribution in [2.24, 2.45) is 10.1 Å². The van der Waals surface area contributed by atoms with Crippen LogP contribution in [-0.4, -0.2) is 26.6 Å². The van der Waals surface area contributed by atoms with Crippen LogP contribution in [0.4, 0.5) is 0 Å². The monoisotopic (exact) mass is 268 g/mol. The fraction of sp³-hybridized carbons (Fsp3) is 0.273. The molecule has 6 nitrogen and oxygen atoms in total. The minimum Gasteiger partial charge on any atom is -0.485 e. The Labute approximate surface area is 105 Å². The Morgan fingerprint density at radius 1 is 1.50 bits per heavy atom. The molecule has 1 aliphatic heterocycles. The molecule has 0 saturated heterocycles. The zero-order valence-corrected chi connectivity index (χ0v) is 10.5. The molecule has 1 aromatic rings. The molecule has 0 aliphatic carbocycles. The van der Waals surface area contributed by atoms with E-state index in [-0.39, 0.29) is 24.0 Å². The second-order valence-corrected chi connectivity index (χ2v) is 5.62. The third-order valence-corrected chi connectivity index (χ3v) is 3.53. The van der Waals surface area contributed by atoms with Gasteiger partial charge < -0.3 is 10.5 Å². The van der Waals surface area contributed by atoms with Crippen molar-refractivity contribution in [3.63, 3.8) is 0 Å². The van der Waals surface area contributed by atoms with E-state index in [2.05, 4.69) is 4.40 Å². The fourth-order valence-corrected chi connectivity index (χ4v) is 2.80. The van der Waals surface area contributed by atoms with Crippen LogP contribution in [0.25, 0.3) is 0 Å². The highest BCUT2D eigenvalue weighted by Crippen LogP contribution is 2.27. The number of nitrogens with two attached hydrogens (primary N) is 1. The van der Waals surface area contributed by atoms with Gasteiger partial charge in [-0.1, -0.05) is 12.1 Å². The summed E-state index contributed by atoms with van der Waals surface area (Å²) in [5.41, 5.74) is 6.62. The number of rotatable bonds is 3. The SMILES string of the molecule is CC(=O)COc1cccc2c1C(N)=NS(=O)(=O)C2. The summed E-state index contributed by atoms with van der Waals surface area (Å²) in [6.07, 6.45) is 0. The highest BCUT2D eigenvalue weighted by Gasteiger charge is 2.25. The summed E-state index contributed by atoms with van der Waals surface area (Å²) in [4.78, 5) is 10.9. The van der Waals surface area contributed by atoms with Crippen LogP contribution in [0.3, 0.4) is 0 Å². The van der Waals surface area contributed by atoms with Gasteiger partial charge >= 0.3 is 0 Å². The van der Waals surface area contributed by atoms with Gasteiger partial charge in [0.25, 0.3) is 10.0 Å². The van der Waals surface area contributed by atoms with Crippen LogP contribution in [0.1, 0.15) is 18.1 Å². The van der Waals surface area contributed by atoms with E-state index in [1.807, 2.05) is 0 Å². The molecule has 7 heteroatoms. The quantitative estimate of drug-likeness (QED) is 0.844. The number of ether oxygens (including phenoxy) is 1. The number of carbonyl (C=O) groups excluding carboxylic acids is 1. The zero-order valence-electron chi connectivity index (χ0n) is 9.71. The van der Waals surface area contributed by atoms with Crippen LogP contribution in [0, 0.1) is 0 Å². The topological polar surface area (TPSA) is 98.8 Å². The second kappa shape index (κ2) is 4.41. The third kappa shape index (κ3) is 2.51. The lowest BCUT2D eigenvalue weighted by atomic mass is 10.1. The van der Waals surface area contributed by atoms with E-state index in [4.69, 9.17) is 10.5 Å². The van der Waals surface area contributed by atoms with Crippen LogP contribution in [0.15, 0.2) is 22.6 Å². The van der Waals surface area contributed by atoms with Crippen molar-refractivity contribution >= 4 is 21.6 Å².